The van der Waals surface area contributed by atoms with Crippen LogP contribution in [0.4, 0.5) is 0 Å². The van der Waals surface area contributed by atoms with E-state index in [2.05, 4.69) is 80.8 Å². The van der Waals surface area contributed by atoms with E-state index >= 15 is 0 Å². The van der Waals surface area contributed by atoms with Gasteiger partial charge in [-0.05, 0) is 61.8 Å². The van der Waals surface area contributed by atoms with Crippen LogP contribution in [0.5, 0.6) is 0 Å². The number of allylic oxidation sites excluding steroid dienone is 2. The van der Waals surface area contributed by atoms with Gasteiger partial charge in [-0.1, -0.05) is 41.1 Å². The molecule has 2 heterocycles. The molecule has 0 saturated carbocycles. The maximum absolute atomic E-state index is 8.49. The lowest BCUT2D eigenvalue weighted by Gasteiger charge is -2.17. The van der Waals surface area contributed by atoms with E-state index in [1.54, 1.807) is 11.3 Å². The summed E-state index contributed by atoms with van der Waals surface area (Å²) in [6.45, 7) is 6.52. The fraction of sp³-hybridized carbons (Fsp3) is 0.136. The number of hydrogen-bond donors (Lipinski definition) is 0. The summed E-state index contributed by atoms with van der Waals surface area (Å²) in [5, 5.41) is 3.53. The maximum Gasteiger partial charge on any atom is 0.238 e. The van der Waals surface area contributed by atoms with Gasteiger partial charge in [-0.15, -0.1) is 10.2 Å². The molecule has 1 aromatic heterocycles. The maximum atomic E-state index is 8.49. The van der Waals surface area contributed by atoms with Crippen molar-refractivity contribution in [2.24, 2.45) is 0 Å². The van der Waals surface area contributed by atoms with Crippen LogP contribution in [0.1, 0.15) is 29.2 Å². The normalized spacial score (nSPS) is 14.9. The van der Waals surface area contributed by atoms with Gasteiger partial charge in [0.05, 0.1) is 0 Å². The molecule has 7 heteroatoms. The standard InChI is InChI=1S/C22H19S2.ClHO4/c1-14-5-7-22-19(10-14)16(3)12-18(24-22)13-17-8-9-23-21-6-4-15(2)11-20(17)21;2-1(3,4)5/h4-13H,1-3H3;(H,2,3,4,5)/q+1;/p-1. The highest BCUT2D eigenvalue weighted by molar-refractivity contribution is 8.03. The Morgan fingerprint density at radius 3 is 2.28 bits per heavy atom. The van der Waals surface area contributed by atoms with Crippen LogP contribution < -0.4 is 18.6 Å². The Kier molecular flexibility index (Phi) is 6.76. The van der Waals surface area contributed by atoms with E-state index in [4.69, 9.17) is 18.6 Å². The summed E-state index contributed by atoms with van der Waals surface area (Å²) in [6.07, 6.45) is 4.63. The third-order valence-electron chi connectivity index (χ3n) is 4.33. The fourth-order valence-electron chi connectivity index (χ4n) is 3.08. The third kappa shape index (κ3) is 6.10. The van der Waals surface area contributed by atoms with E-state index in [1.165, 1.54) is 47.7 Å². The van der Waals surface area contributed by atoms with Crippen molar-refractivity contribution < 1.29 is 28.9 Å². The summed E-state index contributed by atoms with van der Waals surface area (Å²) < 4.78 is 35.3. The van der Waals surface area contributed by atoms with Crippen LogP contribution in [-0.2, 0) is 0 Å². The van der Waals surface area contributed by atoms with Gasteiger partial charge in [-0.2, -0.15) is 0 Å². The lowest BCUT2D eigenvalue weighted by atomic mass is 10.0. The van der Waals surface area contributed by atoms with Gasteiger partial charge in [-0.25, -0.2) is 18.6 Å². The summed E-state index contributed by atoms with van der Waals surface area (Å²) in [4.78, 5) is 2.66. The molecule has 150 valence electrons. The predicted octanol–water partition coefficient (Wildman–Crippen LogP) is 2.59. The van der Waals surface area contributed by atoms with Crippen molar-refractivity contribution in [2.45, 2.75) is 25.7 Å². The van der Waals surface area contributed by atoms with Crippen LogP contribution in [0.3, 0.4) is 0 Å². The average molecular weight is 447 g/mol. The van der Waals surface area contributed by atoms with Gasteiger partial charge < -0.3 is 0 Å². The van der Waals surface area contributed by atoms with Crippen LogP contribution >= 0.6 is 23.1 Å². The largest absolute Gasteiger partial charge is 0.238 e. The monoisotopic (exact) mass is 446 g/mol. The zero-order valence-corrected chi connectivity index (χ0v) is 18.5. The molecule has 0 unspecified atom stereocenters. The molecular formula is C22H19ClO4S2. The van der Waals surface area contributed by atoms with Gasteiger partial charge in [-0.3, -0.25) is 0 Å². The first-order valence-corrected chi connectivity index (χ1v) is 11.6. The second kappa shape index (κ2) is 8.93. The quantitative estimate of drug-likeness (QED) is 0.535. The first-order chi connectivity index (χ1) is 13.6. The molecule has 29 heavy (non-hydrogen) atoms. The molecule has 4 nitrogen and oxygen atoms in total. The number of hydrogen-bond acceptors (Lipinski definition) is 5. The highest BCUT2D eigenvalue weighted by Gasteiger charge is 2.15. The molecular weight excluding hydrogens is 428 g/mol. The smallest absolute Gasteiger partial charge is 0.222 e. The van der Waals surface area contributed by atoms with Crippen LogP contribution in [-0.4, -0.2) is 0 Å². The van der Waals surface area contributed by atoms with E-state index in [0.29, 0.717) is 0 Å². The van der Waals surface area contributed by atoms with Crippen LogP contribution in [0.2, 0.25) is 0 Å². The second-order valence-electron chi connectivity index (χ2n) is 6.73. The SMILES string of the molecule is CC1=C/C(=C\c2cc[s+]c3ccc(C)cc23)Sc2ccc(C)cc21.[O-][Cl+3]([O-])([O-])[O-]. The van der Waals surface area contributed by atoms with E-state index in [0.717, 1.165) is 0 Å². The van der Waals surface area contributed by atoms with Crippen molar-refractivity contribution in [2.75, 3.05) is 0 Å². The molecule has 1 aliphatic rings. The molecule has 0 radical (unpaired) electrons. The molecule has 2 aromatic carbocycles. The van der Waals surface area contributed by atoms with Gasteiger partial charge in [0.25, 0.3) is 0 Å². The summed E-state index contributed by atoms with van der Waals surface area (Å²) >= 11 is 3.67. The van der Waals surface area contributed by atoms with E-state index in [9.17, 15) is 0 Å². The molecule has 0 atom stereocenters. The van der Waals surface area contributed by atoms with Crippen molar-refractivity contribution in [3.05, 3.63) is 81.1 Å². The van der Waals surface area contributed by atoms with Crippen LogP contribution in [0, 0.1) is 24.1 Å². The van der Waals surface area contributed by atoms with E-state index in [1.807, 2.05) is 11.8 Å². The number of rotatable bonds is 1. The highest BCUT2D eigenvalue weighted by atomic mass is 35.7. The molecule has 4 rings (SSSR count). The molecule has 3 aromatic rings. The zero-order chi connectivity index (χ0) is 21.2. The highest BCUT2D eigenvalue weighted by Crippen LogP contribution is 2.41. The predicted molar refractivity (Wildman–Crippen MR) is 110 cm³/mol. The molecule has 0 N–H and O–H groups in total. The first kappa shape index (κ1) is 21.9. The first-order valence-electron chi connectivity index (χ1n) is 8.72. The summed E-state index contributed by atoms with van der Waals surface area (Å²) in [6, 6.07) is 15.7. The van der Waals surface area contributed by atoms with Crippen LogP contribution in [0.15, 0.2) is 63.7 Å². The molecule has 0 saturated heterocycles. The fourth-order valence-corrected chi connectivity index (χ4v) is 5.03. The Morgan fingerprint density at radius 1 is 0.897 bits per heavy atom. The van der Waals surface area contributed by atoms with Crippen molar-refractivity contribution in [1.29, 1.82) is 0 Å². The summed E-state index contributed by atoms with van der Waals surface area (Å²) in [5.74, 6) is 0. The lowest BCUT2D eigenvalue weighted by Crippen LogP contribution is -2.68. The molecule has 0 amide bonds. The number of benzene rings is 2. The molecule has 0 spiro atoms. The molecule has 0 bridgehead atoms. The Morgan fingerprint density at radius 2 is 1.55 bits per heavy atom. The molecule has 1 aliphatic heterocycles. The third-order valence-corrected chi connectivity index (χ3v) is 6.26. The molecule has 0 aliphatic carbocycles. The van der Waals surface area contributed by atoms with Gasteiger partial charge in [0.1, 0.15) is 0 Å². The topological polar surface area (TPSA) is 92.2 Å². The lowest BCUT2D eigenvalue weighted by molar-refractivity contribution is -2.00. The Balaban J connectivity index is 0.000000431. The summed E-state index contributed by atoms with van der Waals surface area (Å²) in [5.41, 5.74) is 6.64. The Hall–Kier alpha value is -1.77. The minimum absolute atomic E-state index is 1.30. The van der Waals surface area contributed by atoms with Crippen molar-refractivity contribution >= 4 is 44.8 Å². The number of aryl methyl sites for hydroxylation is 2. The van der Waals surface area contributed by atoms with Crippen molar-refractivity contribution in [3.63, 3.8) is 0 Å². The Labute approximate surface area is 180 Å². The number of halogens is 1. The van der Waals surface area contributed by atoms with E-state index < -0.39 is 10.2 Å². The van der Waals surface area contributed by atoms with Gasteiger partial charge in [0, 0.05) is 27.3 Å². The van der Waals surface area contributed by atoms with Crippen molar-refractivity contribution in [3.8, 4) is 0 Å². The number of fused-ring (bicyclic) bond motifs is 2. The summed E-state index contributed by atoms with van der Waals surface area (Å²) in [7, 11) is -4.94. The number of thioether (sulfide) groups is 1. The van der Waals surface area contributed by atoms with Crippen LogP contribution in [0.25, 0.3) is 21.7 Å². The zero-order valence-electron chi connectivity index (χ0n) is 16.1. The van der Waals surface area contributed by atoms with E-state index in [-0.39, 0.29) is 0 Å². The van der Waals surface area contributed by atoms with Gasteiger partial charge in [0.2, 0.25) is 16.0 Å². The minimum Gasteiger partial charge on any atom is -0.222 e. The van der Waals surface area contributed by atoms with Gasteiger partial charge in [0.15, 0.2) is 5.38 Å². The molecule has 0 fully saturated rings. The van der Waals surface area contributed by atoms with Gasteiger partial charge >= 0.3 is 0 Å². The second-order valence-corrected chi connectivity index (χ2v) is 9.55. The Bertz CT molecular complexity index is 1110. The average Bonchev–Trinajstić information content (AvgIpc) is 2.62. The van der Waals surface area contributed by atoms with Crippen molar-refractivity contribution in [1.82, 2.24) is 0 Å². The minimum atomic E-state index is -4.94.